The van der Waals surface area contributed by atoms with Gasteiger partial charge in [0.25, 0.3) is 0 Å². The van der Waals surface area contributed by atoms with Crippen LogP contribution in [0.1, 0.15) is 17.2 Å². The first-order valence-corrected chi connectivity index (χ1v) is 8.88. The Bertz CT molecular complexity index is 1160. The number of aromatic nitrogens is 4. The van der Waals surface area contributed by atoms with E-state index in [1.54, 1.807) is 42.6 Å². The molecule has 3 aromatic rings. The average molecular weight is 399 g/mol. The number of amides is 2. The molecule has 1 aromatic carbocycles. The van der Waals surface area contributed by atoms with Crippen molar-refractivity contribution in [1.29, 1.82) is 0 Å². The summed E-state index contributed by atoms with van der Waals surface area (Å²) in [5.41, 5.74) is 1.29. The summed E-state index contributed by atoms with van der Waals surface area (Å²) < 4.78 is 15.6. The number of nitrogens with zero attached hydrogens (tertiary/aromatic N) is 5. The van der Waals surface area contributed by atoms with Crippen LogP contribution in [-0.4, -0.2) is 37.2 Å². The minimum atomic E-state index is -0.590. The van der Waals surface area contributed by atoms with Gasteiger partial charge in [-0.2, -0.15) is 5.10 Å². The molecular weight excluding hydrogens is 383 g/mol. The van der Waals surface area contributed by atoms with Gasteiger partial charge in [0.2, 0.25) is 0 Å². The monoisotopic (exact) mass is 398 g/mol. The van der Waals surface area contributed by atoms with E-state index in [0.717, 1.165) is 10.8 Å². The molecule has 0 spiro atoms. The Balaban J connectivity index is 1.65. The molecule has 0 bridgehead atoms. The SMILES string of the molecule is Cn1cc([C@H](NC(=O)N2C=c3ncncc3=CC2)c2ccc(Cl)c(F)c2)cn1. The molecule has 0 radical (unpaired) electrons. The number of carbonyl (C=O) groups is 1. The number of halogens is 2. The van der Waals surface area contributed by atoms with Crippen LogP contribution in [-0.2, 0) is 7.05 Å². The van der Waals surface area contributed by atoms with Crippen molar-refractivity contribution < 1.29 is 9.18 Å². The number of fused-ring (bicyclic) bond motifs is 1. The number of benzene rings is 1. The molecule has 0 unspecified atom stereocenters. The number of carbonyl (C=O) groups excluding carboxylic acids is 1. The molecule has 9 heteroatoms. The summed E-state index contributed by atoms with van der Waals surface area (Å²) in [4.78, 5) is 22.6. The van der Waals surface area contributed by atoms with Crippen molar-refractivity contribution in [2.24, 2.45) is 7.05 Å². The first kappa shape index (κ1) is 18.1. The van der Waals surface area contributed by atoms with Gasteiger partial charge in [-0.05, 0) is 17.7 Å². The Morgan fingerprint density at radius 1 is 1.32 bits per heavy atom. The molecule has 1 aliphatic rings. The maximum Gasteiger partial charge on any atom is 0.322 e. The fourth-order valence-corrected chi connectivity index (χ4v) is 3.12. The molecule has 0 fully saturated rings. The third-order valence-corrected chi connectivity index (χ3v) is 4.73. The van der Waals surface area contributed by atoms with E-state index < -0.39 is 11.9 Å². The van der Waals surface area contributed by atoms with E-state index in [-0.39, 0.29) is 11.1 Å². The van der Waals surface area contributed by atoms with Crippen molar-refractivity contribution in [3.05, 3.63) is 75.7 Å². The third-order valence-electron chi connectivity index (χ3n) is 4.42. The summed E-state index contributed by atoms with van der Waals surface area (Å²) in [6, 6.07) is 3.53. The lowest BCUT2D eigenvalue weighted by Gasteiger charge is -2.24. The zero-order valence-corrected chi connectivity index (χ0v) is 15.6. The number of aryl methyl sites for hydroxylation is 1. The molecule has 28 heavy (non-hydrogen) atoms. The highest BCUT2D eigenvalue weighted by molar-refractivity contribution is 6.30. The lowest BCUT2D eigenvalue weighted by molar-refractivity contribution is 0.220. The van der Waals surface area contributed by atoms with Crippen LogP contribution < -0.4 is 15.9 Å². The van der Waals surface area contributed by atoms with Crippen molar-refractivity contribution in [1.82, 2.24) is 30.0 Å². The molecule has 1 atom stereocenters. The predicted molar refractivity (Wildman–Crippen MR) is 102 cm³/mol. The van der Waals surface area contributed by atoms with Crippen LogP contribution in [0, 0.1) is 5.82 Å². The Morgan fingerprint density at radius 3 is 2.93 bits per heavy atom. The molecule has 1 aliphatic heterocycles. The molecule has 2 amide bonds. The fourth-order valence-electron chi connectivity index (χ4n) is 3.00. The summed E-state index contributed by atoms with van der Waals surface area (Å²) in [6.45, 7) is 0.376. The van der Waals surface area contributed by atoms with E-state index in [2.05, 4.69) is 20.4 Å². The van der Waals surface area contributed by atoms with Gasteiger partial charge < -0.3 is 5.32 Å². The quantitative estimate of drug-likeness (QED) is 0.722. The van der Waals surface area contributed by atoms with E-state index in [9.17, 15) is 9.18 Å². The van der Waals surface area contributed by atoms with E-state index in [1.165, 1.54) is 23.4 Å². The van der Waals surface area contributed by atoms with Gasteiger partial charge in [0.05, 0.1) is 22.6 Å². The Morgan fingerprint density at radius 2 is 2.18 bits per heavy atom. The molecule has 4 rings (SSSR count). The highest BCUT2D eigenvalue weighted by Gasteiger charge is 2.22. The predicted octanol–water partition coefficient (Wildman–Crippen LogP) is 1.34. The number of rotatable bonds is 3. The van der Waals surface area contributed by atoms with Crippen molar-refractivity contribution in [3.8, 4) is 0 Å². The van der Waals surface area contributed by atoms with Crippen LogP contribution in [0.2, 0.25) is 5.02 Å². The van der Waals surface area contributed by atoms with Crippen molar-refractivity contribution >= 4 is 29.9 Å². The number of urea groups is 1. The summed E-state index contributed by atoms with van der Waals surface area (Å²) in [6.07, 6.45) is 10.1. The van der Waals surface area contributed by atoms with Gasteiger partial charge in [0, 0.05) is 43.0 Å². The maximum atomic E-state index is 14.0. The molecule has 0 aliphatic carbocycles. The molecule has 2 aromatic heterocycles. The van der Waals surface area contributed by atoms with Gasteiger partial charge in [0.15, 0.2) is 0 Å². The summed E-state index contributed by atoms with van der Waals surface area (Å²) >= 11 is 5.80. The lowest BCUT2D eigenvalue weighted by atomic mass is 10.0. The highest BCUT2D eigenvalue weighted by atomic mass is 35.5. The van der Waals surface area contributed by atoms with E-state index in [1.807, 2.05) is 6.08 Å². The molecule has 7 nitrogen and oxygen atoms in total. The van der Waals surface area contributed by atoms with Gasteiger partial charge in [-0.3, -0.25) is 9.58 Å². The van der Waals surface area contributed by atoms with Crippen LogP contribution in [0.5, 0.6) is 0 Å². The molecule has 3 heterocycles. The standard InChI is InChI=1S/C19H16ClFN6O/c1-26-9-14(8-24-26)18(12-2-3-15(20)16(21)6-12)25-19(28)27-5-4-13-7-22-11-23-17(13)10-27/h2-4,6-11,18H,5H2,1H3,(H,25,28)/t18-/m1/s1. The summed E-state index contributed by atoms with van der Waals surface area (Å²) in [7, 11) is 1.77. The molecule has 142 valence electrons. The number of nitrogens with one attached hydrogen (secondary N) is 1. The largest absolute Gasteiger partial charge is 0.327 e. The maximum absolute atomic E-state index is 14.0. The number of hydrogen-bond donors (Lipinski definition) is 1. The minimum Gasteiger partial charge on any atom is -0.327 e. The van der Waals surface area contributed by atoms with Crippen LogP contribution in [0.3, 0.4) is 0 Å². The zero-order valence-electron chi connectivity index (χ0n) is 14.9. The second kappa shape index (κ2) is 7.40. The van der Waals surface area contributed by atoms with Gasteiger partial charge in [-0.1, -0.05) is 23.7 Å². The van der Waals surface area contributed by atoms with E-state index in [0.29, 0.717) is 17.5 Å². The minimum absolute atomic E-state index is 0.0234. The normalized spacial score (nSPS) is 13.9. The summed E-state index contributed by atoms with van der Waals surface area (Å²) in [5, 5.41) is 8.65. The van der Waals surface area contributed by atoms with Gasteiger partial charge >= 0.3 is 6.03 Å². The Labute approximate surface area is 164 Å². The first-order chi connectivity index (χ1) is 13.5. The second-order valence-electron chi connectivity index (χ2n) is 6.35. The third kappa shape index (κ3) is 3.59. The Kier molecular flexibility index (Phi) is 4.79. The van der Waals surface area contributed by atoms with Crippen LogP contribution in [0.15, 0.2) is 43.1 Å². The second-order valence-corrected chi connectivity index (χ2v) is 6.76. The summed E-state index contributed by atoms with van der Waals surface area (Å²) in [5.74, 6) is -0.550. The zero-order chi connectivity index (χ0) is 19.7. The Hall–Kier alpha value is -3.26. The fraction of sp³-hybridized carbons (Fsp3) is 0.158. The van der Waals surface area contributed by atoms with Crippen molar-refractivity contribution in [2.75, 3.05) is 6.54 Å². The van der Waals surface area contributed by atoms with E-state index >= 15 is 0 Å². The van der Waals surface area contributed by atoms with Crippen LogP contribution in [0.25, 0.3) is 12.3 Å². The van der Waals surface area contributed by atoms with Crippen molar-refractivity contribution in [2.45, 2.75) is 6.04 Å². The van der Waals surface area contributed by atoms with Crippen molar-refractivity contribution in [3.63, 3.8) is 0 Å². The van der Waals surface area contributed by atoms with Crippen LogP contribution in [0.4, 0.5) is 9.18 Å². The lowest BCUT2D eigenvalue weighted by Crippen LogP contribution is -2.45. The molecule has 1 N–H and O–H groups in total. The van der Waals surface area contributed by atoms with Crippen LogP contribution >= 0.6 is 11.6 Å². The van der Waals surface area contributed by atoms with Gasteiger partial charge in [-0.15, -0.1) is 0 Å². The van der Waals surface area contributed by atoms with Gasteiger partial charge in [-0.25, -0.2) is 19.2 Å². The molecule has 0 saturated heterocycles. The molecule has 0 saturated carbocycles. The topological polar surface area (TPSA) is 75.9 Å². The molecular formula is C19H16ClFN6O. The smallest absolute Gasteiger partial charge is 0.322 e. The van der Waals surface area contributed by atoms with E-state index in [4.69, 9.17) is 11.6 Å². The first-order valence-electron chi connectivity index (χ1n) is 8.50. The number of hydrogen-bond acceptors (Lipinski definition) is 4. The van der Waals surface area contributed by atoms with Gasteiger partial charge in [0.1, 0.15) is 12.1 Å². The average Bonchev–Trinajstić information content (AvgIpc) is 3.13. The highest BCUT2D eigenvalue weighted by Crippen LogP contribution is 2.25.